The molecule has 0 fully saturated rings. The molecule has 7 nitrogen and oxygen atoms in total. The van der Waals surface area contributed by atoms with Crippen LogP contribution < -0.4 is 11.1 Å². The maximum atomic E-state index is 11.2. The van der Waals surface area contributed by atoms with Crippen LogP contribution in [0.5, 0.6) is 0 Å². The van der Waals surface area contributed by atoms with Crippen molar-refractivity contribution in [2.75, 3.05) is 6.54 Å². The van der Waals surface area contributed by atoms with Crippen molar-refractivity contribution in [3.63, 3.8) is 0 Å². The lowest BCUT2D eigenvalue weighted by molar-refractivity contribution is -0.138. The summed E-state index contributed by atoms with van der Waals surface area (Å²) in [7, 11) is 0. The standard InChI is InChI=1S/C15H22N4O3/c1-2-11(9-12-5-4-8-22-12)10-19-13(14(20)21)6-3-7-18-15(16)17/h4-5,8-10,13H,2-3,6-7H2,1H3,(H,20,21)(H4,16,17,18)/b11-9+,19-10+/t13-/m0/s1. The van der Waals surface area contributed by atoms with Crippen LogP contribution in [0.4, 0.5) is 0 Å². The average Bonchev–Trinajstić information content (AvgIpc) is 2.97. The number of nitrogens with one attached hydrogen (secondary N) is 2. The Kier molecular flexibility index (Phi) is 7.45. The van der Waals surface area contributed by atoms with E-state index in [0.717, 1.165) is 12.0 Å². The number of furan rings is 1. The van der Waals surface area contributed by atoms with E-state index in [0.29, 0.717) is 25.1 Å². The number of nitrogens with two attached hydrogens (primary N) is 1. The van der Waals surface area contributed by atoms with Gasteiger partial charge in [0.25, 0.3) is 0 Å². The zero-order valence-corrected chi connectivity index (χ0v) is 12.6. The van der Waals surface area contributed by atoms with Crippen LogP contribution in [0.15, 0.2) is 33.4 Å². The van der Waals surface area contributed by atoms with E-state index >= 15 is 0 Å². The van der Waals surface area contributed by atoms with Gasteiger partial charge >= 0.3 is 5.97 Å². The van der Waals surface area contributed by atoms with Crippen molar-refractivity contribution >= 4 is 24.2 Å². The largest absolute Gasteiger partial charge is 0.480 e. The number of hydrogen-bond acceptors (Lipinski definition) is 4. The van der Waals surface area contributed by atoms with Crippen molar-refractivity contribution in [3.05, 3.63) is 29.7 Å². The van der Waals surface area contributed by atoms with Gasteiger partial charge in [-0.2, -0.15) is 0 Å². The smallest absolute Gasteiger partial charge is 0.328 e. The summed E-state index contributed by atoms with van der Waals surface area (Å²) >= 11 is 0. The highest BCUT2D eigenvalue weighted by Gasteiger charge is 2.14. The molecule has 0 saturated heterocycles. The minimum Gasteiger partial charge on any atom is -0.480 e. The van der Waals surface area contributed by atoms with Crippen LogP contribution in [0.1, 0.15) is 31.9 Å². The van der Waals surface area contributed by atoms with Crippen LogP contribution in [0.3, 0.4) is 0 Å². The van der Waals surface area contributed by atoms with Gasteiger partial charge in [0.2, 0.25) is 0 Å². The Morgan fingerprint density at radius 1 is 1.64 bits per heavy atom. The summed E-state index contributed by atoms with van der Waals surface area (Å²) < 4.78 is 5.23. The number of rotatable bonds is 9. The number of allylic oxidation sites excluding steroid dienone is 1. The summed E-state index contributed by atoms with van der Waals surface area (Å²) in [4.78, 5) is 15.4. The van der Waals surface area contributed by atoms with Gasteiger partial charge in [-0.05, 0) is 43.0 Å². The molecule has 7 heteroatoms. The predicted molar refractivity (Wildman–Crippen MR) is 86.0 cm³/mol. The Morgan fingerprint density at radius 2 is 2.41 bits per heavy atom. The Morgan fingerprint density at radius 3 is 2.95 bits per heavy atom. The molecule has 1 heterocycles. The first kappa shape index (κ1) is 17.5. The third kappa shape index (κ3) is 6.74. The summed E-state index contributed by atoms with van der Waals surface area (Å²) in [5, 5.41) is 18.8. The third-order valence-corrected chi connectivity index (χ3v) is 2.95. The number of hydrogen-bond donors (Lipinski definition) is 4. The normalized spacial score (nSPS) is 13.2. The van der Waals surface area contributed by atoms with Crippen LogP contribution >= 0.6 is 0 Å². The lowest BCUT2D eigenvalue weighted by Gasteiger charge is -2.08. The van der Waals surface area contributed by atoms with Crippen LogP contribution in [0.25, 0.3) is 6.08 Å². The van der Waals surface area contributed by atoms with Crippen LogP contribution in [0.2, 0.25) is 0 Å². The van der Waals surface area contributed by atoms with E-state index in [-0.39, 0.29) is 5.96 Å². The molecule has 1 rings (SSSR count). The van der Waals surface area contributed by atoms with Crippen molar-refractivity contribution in [1.82, 2.24) is 5.32 Å². The number of nitrogens with zero attached hydrogens (tertiary/aromatic N) is 1. The van der Waals surface area contributed by atoms with E-state index in [2.05, 4.69) is 10.3 Å². The van der Waals surface area contributed by atoms with Gasteiger partial charge in [-0.1, -0.05) is 6.92 Å². The second-order valence-electron chi connectivity index (χ2n) is 4.70. The second-order valence-corrected chi connectivity index (χ2v) is 4.70. The minimum absolute atomic E-state index is 0.120. The van der Waals surface area contributed by atoms with E-state index < -0.39 is 12.0 Å². The molecule has 5 N–H and O–H groups in total. The number of aliphatic imine (C=N–C) groups is 1. The van der Waals surface area contributed by atoms with Gasteiger partial charge < -0.3 is 20.6 Å². The Hall–Kier alpha value is -2.57. The number of carbonyl (C=O) groups is 1. The summed E-state index contributed by atoms with van der Waals surface area (Å²) in [6.07, 6.45) is 6.67. The molecule has 0 aliphatic rings. The third-order valence-electron chi connectivity index (χ3n) is 2.95. The molecule has 0 aliphatic carbocycles. The van der Waals surface area contributed by atoms with Crippen LogP contribution in [-0.2, 0) is 4.79 Å². The molecule has 120 valence electrons. The Labute approximate surface area is 129 Å². The number of aliphatic carboxylic acids is 1. The van der Waals surface area contributed by atoms with Crippen molar-refractivity contribution in [2.45, 2.75) is 32.2 Å². The summed E-state index contributed by atoms with van der Waals surface area (Å²) in [6, 6.07) is 2.81. The highest BCUT2D eigenvalue weighted by molar-refractivity contribution is 5.87. The molecule has 1 aromatic heterocycles. The molecule has 0 spiro atoms. The number of guanidine groups is 1. The maximum absolute atomic E-state index is 11.2. The average molecular weight is 306 g/mol. The molecule has 1 aromatic rings. The van der Waals surface area contributed by atoms with Crippen molar-refractivity contribution in [3.8, 4) is 0 Å². The summed E-state index contributed by atoms with van der Waals surface area (Å²) in [6.45, 7) is 2.42. The molecular weight excluding hydrogens is 284 g/mol. The molecule has 0 amide bonds. The van der Waals surface area contributed by atoms with Gasteiger partial charge in [0.15, 0.2) is 5.96 Å². The van der Waals surface area contributed by atoms with Crippen molar-refractivity contribution < 1.29 is 14.3 Å². The minimum atomic E-state index is -0.965. The Balaban J connectivity index is 2.60. The molecular formula is C15H22N4O3. The molecule has 22 heavy (non-hydrogen) atoms. The highest BCUT2D eigenvalue weighted by atomic mass is 16.4. The maximum Gasteiger partial charge on any atom is 0.328 e. The molecule has 0 bridgehead atoms. The van der Waals surface area contributed by atoms with E-state index in [1.807, 2.05) is 19.1 Å². The van der Waals surface area contributed by atoms with Gasteiger partial charge in [0.05, 0.1) is 6.26 Å². The van der Waals surface area contributed by atoms with Gasteiger partial charge in [-0.3, -0.25) is 10.4 Å². The van der Waals surface area contributed by atoms with E-state index in [1.54, 1.807) is 18.5 Å². The lowest BCUT2D eigenvalue weighted by Crippen LogP contribution is -2.31. The van der Waals surface area contributed by atoms with Crippen LogP contribution in [-0.4, -0.2) is 35.8 Å². The monoisotopic (exact) mass is 306 g/mol. The molecule has 0 saturated carbocycles. The first-order valence-electron chi connectivity index (χ1n) is 7.11. The van der Waals surface area contributed by atoms with Crippen molar-refractivity contribution in [1.29, 1.82) is 5.41 Å². The fraction of sp³-hybridized carbons (Fsp3) is 0.400. The van der Waals surface area contributed by atoms with Gasteiger partial charge in [0.1, 0.15) is 11.8 Å². The predicted octanol–water partition coefficient (Wildman–Crippen LogP) is 1.86. The zero-order valence-electron chi connectivity index (χ0n) is 12.6. The van der Waals surface area contributed by atoms with E-state index in [9.17, 15) is 9.90 Å². The molecule has 0 radical (unpaired) electrons. The fourth-order valence-corrected chi connectivity index (χ4v) is 1.75. The van der Waals surface area contributed by atoms with Gasteiger partial charge in [0, 0.05) is 12.8 Å². The van der Waals surface area contributed by atoms with Gasteiger partial charge in [-0.25, -0.2) is 4.79 Å². The topological polar surface area (TPSA) is 125 Å². The Bertz CT molecular complexity index is 535. The second kappa shape index (κ2) is 9.38. The SMILES string of the molecule is CCC(/C=N/[C@@H](CCCNC(=N)N)C(=O)O)=C\c1ccco1. The van der Waals surface area contributed by atoms with E-state index in [4.69, 9.17) is 15.6 Å². The molecule has 0 unspecified atom stereocenters. The number of carboxylic acid groups (broad SMARTS) is 1. The first-order chi connectivity index (χ1) is 10.5. The molecule has 1 atom stereocenters. The van der Waals surface area contributed by atoms with E-state index in [1.165, 1.54) is 0 Å². The highest BCUT2D eigenvalue weighted by Crippen LogP contribution is 2.10. The molecule has 0 aromatic carbocycles. The van der Waals surface area contributed by atoms with Crippen molar-refractivity contribution in [2.24, 2.45) is 10.7 Å². The zero-order chi connectivity index (χ0) is 16.4. The lowest BCUT2D eigenvalue weighted by atomic mass is 10.1. The fourth-order valence-electron chi connectivity index (χ4n) is 1.75. The first-order valence-corrected chi connectivity index (χ1v) is 7.11. The quantitative estimate of drug-likeness (QED) is 0.315. The summed E-state index contributed by atoms with van der Waals surface area (Å²) in [5.74, 6) is -0.376. The summed E-state index contributed by atoms with van der Waals surface area (Å²) in [5.41, 5.74) is 6.05. The molecule has 0 aliphatic heterocycles. The number of carboxylic acids is 1. The van der Waals surface area contributed by atoms with Crippen LogP contribution in [0, 0.1) is 5.41 Å². The van der Waals surface area contributed by atoms with Gasteiger partial charge in [-0.15, -0.1) is 0 Å².